The molecule has 262 valence electrons. The molecule has 2 saturated heterocycles. The molecule has 0 bridgehead atoms. The van der Waals surface area contributed by atoms with Crippen LogP contribution in [0.5, 0.6) is 0 Å². The molecule has 3 atom stereocenters. The average Bonchev–Trinajstić information content (AvgIpc) is 3.63. The molecule has 1 aliphatic carbocycles. The number of benzene rings is 2. The minimum atomic E-state index is -0.697. The first-order chi connectivity index (χ1) is 24.2. The summed E-state index contributed by atoms with van der Waals surface area (Å²) in [5, 5.41) is 2.68. The number of rotatable bonds is 10. The molecule has 1 saturated carbocycles. The summed E-state index contributed by atoms with van der Waals surface area (Å²) in [7, 11) is 1.28. The minimum Gasteiger partial charge on any atom is -0.453 e. The number of hydrogen-bond donors (Lipinski definition) is 3. The van der Waals surface area contributed by atoms with Crippen LogP contribution in [0.4, 0.5) is 9.18 Å². The molecule has 3 aliphatic rings. The Morgan fingerprint density at radius 2 is 1.46 bits per heavy atom. The minimum absolute atomic E-state index is 0.0889. The lowest BCUT2D eigenvalue weighted by Crippen LogP contribution is -2.51. The first-order valence-corrected chi connectivity index (χ1v) is 17.6. The van der Waals surface area contributed by atoms with E-state index in [1.165, 1.54) is 13.2 Å². The number of amides is 3. The topological polar surface area (TPSA) is 136 Å². The van der Waals surface area contributed by atoms with Crippen LogP contribution in [0.1, 0.15) is 82.5 Å². The van der Waals surface area contributed by atoms with E-state index in [9.17, 15) is 14.4 Å². The molecule has 3 N–H and O–H groups in total. The second-order valence-corrected chi connectivity index (χ2v) is 14.1. The van der Waals surface area contributed by atoms with Gasteiger partial charge in [0.2, 0.25) is 11.8 Å². The monoisotopic (exact) mass is 681 g/mol. The summed E-state index contributed by atoms with van der Waals surface area (Å²) >= 11 is 0. The summed E-state index contributed by atoms with van der Waals surface area (Å²) in [6, 6.07) is 12.0. The fraction of sp³-hybridized carbons (Fsp3) is 0.447. The van der Waals surface area contributed by atoms with Crippen molar-refractivity contribution in [3.8, 4) is 33.6 Å². The molecule has 7 rings (SSSR count). The van der Waals surface area contributed by atoms with E-state index in [2.05, 4.69) is 25.3 Å². The van der Waals surface area contributed by atoms with Crippen molar-refractivity contribution in [2.75, 3.05) is 20.2 Å². The van der Waals surface area contributed by atoms with Crippen LogP contribution in [0.25, 0.3) is 33.6 Å². The molecule has 4 aromatic rings. The molecule has 4 heterocycles. The molecule has 3 fully saturated rings. The quantitative estimate of drug-likeness (QED) is 0.169. The second kappa shape index (κ2) is 14.1. The van der Waals surface area contributed by atoms with E-state index >= 15 is 4.39 Å². The van der Waals surface area contributed by atoms with E-state index < -0.39 is 12.1 Å². The lowest BCUT2D eigenvalue weighted by atomic mass is 10.0. The number of H-pyrrole nitrogens is 2. The zero-order valence-electron chi connectivity index (χ0n) is 28.7. The highest BCUT2D eigenvalue weighted by Crippen LogP contribution is 2.38. The number of carbonyl (C=O) groups excluding carboxylic acids is 3. The molecular weight excluding hydrogens is 637 g/mol. The highest BCUT2D eigenvalue weighted by atomic mass is 19.1. The largest absolute Gasteiger partial charge is 0.453 e. The number of methoxy groups -OCH3 is 1. The summed E-state index contributed by atoms with van der Waals surface area (Å²) in [4.78, 5) is 57.9. The fourth-order valence-electron chi connectivity index (χ4n) is 7.28. The molecule has 50 heavy (non-hydrogen) atoms. The van der Waals surface area contributed by atoms with Crippen molar-refractivity contribution in [3.63, 3.8) is 0 Å². The summed E-state index contributed by atoms with van der Waals surface area (Å²) in [5.74, 6) is 1.51. The summed E-state index contributed by atoms with van der Waals surface area (Å²) in [5.41, 5.74) is 4.36. The number of halogens is 1. The van der Waals surface area contributed by atoms with Crippen LogP contribution in [0.2, 0.25) is 0 Å². The summed E-state index contributed by atoms with van der Waals surface area (Å²) in [6.45, 7) is 5.10. The van der Waals surface area contributed by atoms with Crippen LogP contribution in [0.3, 0.4) is 0 Å². The number of nitrogens with one attached hydrogen (secondary N) is 3. The van der Waals surface area contributed by atoms with Crippen molar-refractivity contribution in [2.24, 2.45) is 11.8 Å². The van der Waals surface area contributed by atoms with Gasteiger partial charge in [-0.1, -0.05) is 44.2 Å². The Kier molecular flexibility index (Phi) is 9.44. The van der Waals surface area contributed by atoms with Crippen LogP contribution in [0.15, 0.2) is 54.9 Å². The SMILES string of the molecule is COC(=O)N[C@H](C(=O)N1CCC[C@H]1c1ncc(-c2ccc(-c3ccc(-c4cnc([C@@H]5CCCN5C(=O)CC5CC5)[nH]4)c(F)c3)cc2)[nH]1)C(C)C. The van der Waals surface area contributed by atoms with Crippen molar-refractivity contribution in [1.82, 2.24) is 35.1 Å². The van der Waals surface area contributed by atoms with Gasteiger partial charge in [0.1, 0.15) is 23.5 Å². The first kappa shape index (κ1) is 33.5. The van der Waals surface area contributed by atoms with E-state index in [0.29, 0.717) is 41.8 Å². The molecule has 2 aromatic heterocycles. The van der Waals surface area contributed by atoms with Crippen LogP contribution in [0, 0.1) is 17.7 Å². The highest BCUT2D eigenvalue weighted by molar-refractivity contribution is 5.86. The number of aromatic amines is 2. The average molecular weight is 682 g/mol. The molecule has 12 heteroatoms. The molecule has 0 radical (unpaired) electrons. The van der Waals surface area contributed by atoms with Gasteiger partial charge in [-0.3, -0.25) is 9.59 Å². The smallest absolute Gasteiger partial charge is 0.407 e. The van der Waals surface area contributed by atoms with E-state index in [4.69, 9.17) is 4.74 Å². The molecule has 2 aromatic carbocycles. The van der Waals surface area contributed by atoms with Crippen molar-refractivity contribution in [3.05, 3.63) is 72.3 Å². The molecule has 0 unspecified atom stereocenters. The maximum Gasteiger partial charge on any atom is 0.407 e. The third-order valence-corrected chi connectivity index (χ3v) is 10.3. The number of hydrogen-bond acceptors (Lipinski definition) is 6. The zero-order valence-corrected chi connectivity index (χ0v) is 28.7. The van der Waals surface area contributed by atoms with Gasteiger partial charge < -0.3 is 29.8 Å². The van der Waals surface area contributed by atoms with Gasteiger partial charge in [0.15, 0.2) is 0 Å². The van der Waals surface area contributed by atoms with Crippen LogP contribution in [-0.4, -0.2) is 73.9 Å². The fourth-order valence-corrected chi connectivity index (χ4v) is 7.28. The number of carbonyl (C=O) groups is 3. The van der Waals surface area contributed by atoms with Gasteiger partial charge in [0, 0.05) is 25.1 Å². The lowest BCUT2D eigenvalue weighted by molar-refractivity contribution is -0.135. The molecular formula is C38H44FN7O4. The van der Waals surface area contributed by atoms with Crippen molar-refractivity contribution >= 4 is 17.9 Å². The van der Waals surface area contributed by atoms with Gasteiger partial charge in [-0.15, -0.1) is 0 Å². The molecule has 0 spiro atoms. The van der Waals surface area contributed by atoms with E-state index in [0.717, 1.165) is 67.5 Å². The standard InChI is InChI=1S/C38H44FN7O4/c1-22(2)34(44-38(49)50-3)37(48)46-17-5-7-32(46)36-40-20-29(42-36)25-12-10-24(11-13-25)26-14-15-27(28(39)19-26)30-21-41-35(43-30)31-6-4-16-45(31)33(47)18-23-8-9-23/h10-15,19-23,31-32,34H,4-9,16-18H2,1-3H3,(H,40,42)(H,41,43)(H,44,49)/t31-,32-,34-/m0/s1. The van der Waals surface area contributed by atoms with Crippen LogP contribution < -0.4 is 5.32 Å². The number of imidazole rings is 2. The Labute approximate surface area is 291 Å². The lowest BCUT2D eigenvalue weighted by Gasteiger charge is -2.30. The number of alkyl carbamates (subject to hydrolysis) is 1. The molecule has 11 nitrogen and oxygen atoms in total. The van der Waals surface area contributed by atoms with Crippen molar-refractivity contribution < 1.29 is 23.5 Å². The number of likely N-dealkylation sites (tertiary alicyclic amines) is 2. The van der Waals surface area contributed by atoms with E-state index in [-0.39, 0.29) is 35.6 Å². The number of nitrogens with zero attached hydrogens (tertiary/aromatic N) is 4. The number of ether oxygens (including phenoxy) is 1. The van der Waals surface area contributed by atoms with Gasteiger partial charge >= 0.3 is 6.09 Å². The summed E-state index contributed by atoms with van der Waals surface area (Å²) in [6.07, 6.45) is 9.08. The highest BCUT2D eigenvalue weighted by Gasteiger charge is 2.38. The Morgan fingerprint density at radius 1 is 0.860 bits per heavy atom. The Balaban J connectivity index is 1.02. The van der Waals surface area contributed by atoms with Gasteiger partial charge in [-0.05, 0) is 79.2 Å². The normalized spacial score (nSPS) is 19.6. The predicted octanol–water partition coefficient (Wildman–Crippen LogP) is 6.78. The van der Waals surface area contributed by atoms with Crippen LogP contribution in [-0.2, 0) is 14.3 Å². The first-order valence-electron chi connectivity index (χ1n) is 17.6. The predicted molar refractivity (Wildman–Crippen MR) is 186 cm³/mol. The molecule has 3 amide bonds. The summed E-state index contributed by atoms with van der Waals surface area (Å²) < 4.78 is 20.3. The number of aromatic nitrogens is 4. The van der Waals surface area contributed by atoms with Gasteiger partial charge in [-0.2, -0.15) is 0 Å². The van der Waals surface area contributed by atoms with Crippen molar-refractivity contribution in [2.45, 2.75) is 76.9 Å². The maximum absolute atomic E-state index is 15.5. The molecule has 2 aliphatic heterocycles. The van der Waals surface area contributed by atoms with Crippen molar-refractivity contribution in [1.29, 1.82) is 0 Å². The van der Waals surface area contributed by atoms with E-state index in [1.54, 1.807) is 23.4 Å². The third-order valence-electron chi connectivity index (χ3n) is 10.3. The van der Waals surface area contributed by atoms with Gasteiger partial charge in [0.05, 0.1) is 43.0 Å². The Morgan fingerprint density at radius 3 is 2.10 bits per heavy atom. The second-order valence-electron chi connectivity index (χ2n) is 14.1. The van der Waals surface area contributed by atoms with E-state index in [1.807, 2.05) is 49.1 Å². The zero-order chi connectivity index (χ0) is 34.9. The van der Waals surface area contributed by atoms with Crippen LogP contribution >= 0.6 is 0 Å². The maximum atomic E-state index is 15.5. The third kappa shape index (κ3) is 6.88. The van der Waals surface area contributed by atoms with Gasteiger partial charge in [-0.25, -0.2) is 19.2 Å². The Bertz CT molecular complexity index is 1860. The van der Waals surface area contributed by atoms with Gasteiger partial charge in [0.25, 0.3) is 0 Å². The Hall–Kier alpha value is -5.00.